The van der Waals surface area contributed by atoms with Gasteiger partial charge in [0, 0.05) is 37.1 Å². The van der Waals surface area contributed by atoms with Crippen molar-refractivity contribution < 1.29 is 47.3 Å². The van der Waals surface area contributed by atoms with Gasteiger partial charge in [-0.3, -0.25) is 24.4 Å². The number of alkyl halides is 1. The molecule has 4 rings (SSSR count). The lowest BCUT2D eigenvalue weighted by Gasteiger charge is -2.17. The van der Waals surface area contributed by atoms with Crippen molar-refractivity contribution in [2.75, 3.05) is 29.9 Å². The number of anilines is 1. The van der Waals surface area contributed by atoms with Crippen molar-refractivity contribution in [2.24, 2.45) is 0 Å². The highest BCUT2D eigenvalue weighted by Gasteiger charge is 2.24. The standard InChI is InChI=1S/C29H38IN5O10P2/c1-2-3-7-25-34-27-28(35(25)18-20-16-21(44-46(37,38)39)9-11-24(20)45-47(40,41)42)22-15-19(8-10-23(22)33-29(27)31)6-4-13-43-14-5-12-32-26(36)17-30/h8-11,15-16H,2-7,12-14,17-18H2,1H3,(H2,31,33)(H,32,36)(H2,37,38,39)(H2,40,41,42). The second kappa shape index (κ2) is 16.5. The third-order valence-electron chi connectivity index (χ3n) is 7.07. The number of phosphoric acid groups is 2. The summed E-state index contributed by atoms with van der Waals surface area (Å²) in [4.78, 5) is 58.6. The molecule has 18 heteroatoms. The van der Waals surface area contributed by atoms with Crippen LogP contribution in [0.25, 0.3) is 21.9 Å². The lowest BCUT2D eigenvalue weighted by atomic mass is 10.1. The average Bonchev–Trinajstić information content (AvgIpc) is 3.36. The molecule has 15 nitrogen and oxygen atoms in total. The molecule has 0 atom stereocenters. The Morgan fingerprint density at radius 1 is 0.979 bits per heavy atom. The van der Waals surface area contributed by atoms with E-state index in [0.717, 1.165) is 42.7 Å². The number of aromatic nitrogens is 3. The van der Waals surface area contributed by atoms with Crippen molar-refractivity contribution >= 4 is 71.9 Å². The van der Waals surface area contributed by atoms with Gasteiger partial charge in [0.2, 0.25) is 5.91 Å². The number of imidazole rings is 1. The summed E-state index contributed by atoms with van der Waals surface area (Å²) >= 11 is 2.01. The quantitative estimate of drug-likeness (QED) is 0.0355. The molecular formula is C29H38IN5O10P2. The Hall–Kier alpha value is -2.82. The Balaban J connectivity index is 1.69. The van der Waals surface area contributed by atoms with E-state index in [4.69, 9.17) is 24.5 Å². The van der Waals surface area contributed by atoms with E-state index in [9.17, 15) is 33.5 Å². The molecule has 1 amide bonds. The van der Waals surface area contributed by atoms with Crippen molar-refractivity contribution in [1.82, 2.24) is 19.9 Å². The first kappa shape index (κ1) is 37.0. The molecule has 47 heavy (non-hydrogen) atoms. The zero-order valence-corrected chi connectivity index (χ0v) is 29.6. The number of nitrogen functional groups attached to an aromatic ring is 1. The normalized spacial score (nSPS) is 12.1. The summed E-state index contributed by atoms with van der Waals surface area (Å²) in [6.45, 7) is 3.64. The lowest BCUT2D eigenvalue weighted by molar-refractivity contribution is -0.118. The first-order valence-electron chi connectivity index (χ1n) is 14.9. The van der Waals surface area contributed by atoms with E-state index in [1.807, 2.05) is 52.3 Å². The molecule has 0 unspecified atom stereocenters. The number of phosphoric ester groups is 2. The minimum absolute atomic E-state index is 0.00318. The monoisotopic (exact) mass is 805 g/mol. The van der Waals surface area contributed by atoms with E-state index in [-0.39, 0.29) is 35.3 Å². The summed E-state index contributed by atoms with van der Waals surface area (Å²) < 4.78 is 41.1. The van der Waals surface area contributed by atoms with E-state index in [1.54, 1.807) is 0 Å². The van der Waals surface area contributed by atoms with Gasteiger partial charge in [0.05, 0.1) is 22.0 Å². The molecule has 2 aromatic carbocycles. The molecule has 0 bridgehead atoms. The SMILES string of the molecule is CCCCc1nc2c(N)nc3ccc(CCCOCCCNC(=O)CI)cc3c2n1Cc1cc(OP(=O)(O)O)ccc1OP(=O)(O)O. The Labute approximate surface area is 284 Å². The Bertz CT molecular complexity index is 1810. The topological polar surface area (TPSA) is 229 Å². The Morgan fingerprint density at radius 3 is 2.43 bits per heavy atom. The van der Waals surface area contributed by atoms with E-state index < -0.39 is 15.6 Å². The number of carbonyl (C=O) groups excluding carboxylic acids is 1. The first-order valence-corrected chi connectivity index (χ1v) is 19.5. The Kier molecular flexibility index (Phi) is 13.0. The molecular weight excluding hydrogens is 767 g/mol. The highest BCUT2D eigenvalue weighted by Crippen LogP contribution is 2.43. The number of amides is 1. The maximum absolute atomic E-state index is 11.8. The summed E-state index contributed by atoms with van der Waals surface area (Å²) in [6.07, 6.45) is 4.41. The van der Waals surface area contributed by atoms with Crippen molar-refractivity contribution in [2.45, 2.75) is 52.0 Å². The van der Waals surface area contributed by atoms with E-state index in [2.05, 4.69) is 10.3 Å². The molecule has 0 aliphatic rings. The highest BCUT2D eigenvalue weighted by atomic mass is 127. The lowest BCUT2D eigenvalue weighted by Crippen LogP contribution is -2.25. The fourth-order valence-electron chi connectivity index (χ4n) is 5.05. The third-order valence-corrected chi connectivity index (χ3v) is 8.64. The van der Waals surface area contributed by atoms with Gasteiger partial charge >= 0.3 is 15.6 Å². The number of nitrogens with zero attached hydrogens (tertiary/aromatic N) is 3. The van der Waals surface area contributed by atoms with E-state index in [0.29, 0.717) is 59.4 Å². The average molecular weight is 806 g/mol. The van der Waals surface area contributed by atoms with Crippen LogP contribution in [0.4, 0.5) is 5.82 Å². The van der Waals surface area contributed by atoms with Crippen LogP contribution in [-0.4, -0.2) is 64.2 Å². The van der Waals surface area contributed by atoms with Crippen molar-refractivity contribution in [3.63, 3.8) is 0 Å². The predicted octanol–water partition coefficient (Wildman–Crippen LogP) is 4.39. The maximum atomic E-state index is 11.8. The van der Waals surface area contributed by atoms with Crippen LogP contribution in [0.15, 0.2) is 36.4 Å². The number of rotatable bonds is 18. The van der Waals surface area contributed by atoms with Gasteiger partial charge in [-0.1, -0.05) is 42.0 Å². The molecule has 2 aromatic heterocycles. The smallest absolute Gasteiger partial charge is 0.404 e. The van der Waals surface area contributed by atoms with Gasteiger partial charge in [0.1, 0.15) is 22.8 Å². The number of unbranched alkanes of at least 4 members (excludes halogenated alkanes) is 1. The molecule has 7 N–H and O–H groups in total. The number of carbonyl (C=O) groups is 1. The molecule has 2 heterocycles. The van der Waals surface area contributed by atoms with Gasteiger partial charge in [-0.25, -0.2) is 19.1 Å². The number of hydrogen-bond donors (Lipinski definition) is 6. The zero-order chi connectivity index (χ0) is 34.2. The van der Waals surface area contributed by atoms with Crippen molar-refractivity contribution in [3.05, 3.63) is 53.3 Å². The van der Waals surface area contributed by atoms with Gasteiger partial charge in [-0.2, -0.15) is 0 Å². The van der Waals surface area contributed by atoms with E-state index >= 15 is 0 Å². The summed E-state index contributed by atoms with van der Waals surface area (Å²) in [5.41, 5.74) is 9.31. The minimum atomic E-state index is -5.00. The predicted molar refractivity (Wildman–Crippen MR) is 185 cm³/mol. The van der Waals surface area contributed by atoms with Crippen molar-refractivity contribution in [1.29, 1.82) is 0 Å². The number of ether oxygens (including phenoxy) is 1. The van der Waals surface area contributed by atoms with Gasteiger partial charge in [0.25, 0.3) is 0 Å². The number of halogens is 1. The molecule has 0 aliphatic heterocycles. The molecule has 0 radical (unpaired) electrons. The summed E-state index contributed by atoms with van der Waals surface area (Å²) in [5, 5.41) is 3.57. The molecule has 0 spiro atoms. The van der Waals surface area contributed by atoms with Gasteiger partial charge in [0.15, 0.2) is 5.82 Å². The third kappa shape index (κ3) is 10.8. The minimum Gasteiger partial charge on any atom is -0.404 e. The van der Waals surface area contributed by atoms with Crippen LogP contribution in [-0.2, 0) is 38.0 Å². The van der Waals surface area contributed by atoms with Crippen LogP contribution in [0.1, 0.15) is 49.6 Å². The Morgan fingerprint density at radius 2 is 1.72 bits per heavy atom. The van der Waals surface area contributed by atoms with Gasteiger partial charge in [-0.05, 0) is 61.6 Å². The molecule has 0 aliphatic carbocycles. The van der Waals surface area contributed by atoms with Crippen LogP contribution in [0.3, 0.4) is 0 Å². The number of pyridine rings is 1. The number of nitrogens with one attached hydrogen (secondary N) is 1. The fourth-order valence-corrected chi connectivity index (χ4v) is 6.14. The van der Waals surface area contributed by atoms with Crippen LogP contribution < -0.4 is 20.1 Å². The molecule has 4 aromatic rings. The van der Waals surface area contributed by atoms with Gasteiger partial charge < -0.3 is 29.4 Å². The number of benzene rings is 2. The van der Waals surface area contributed by atoms with Crippen LogP contribution in [0, 0.1) is 0 Å². The summed E-state index contributed by atoms with van der Waals surface area (Å²) in [7, 11) is -9.92. The van der Waals surface area contributed by atoms with Crippen LogP contribution >= 0.6 is 38.2 Å². The number of hydrogen-bond acceptors (Lipinski definition) is 9. The molecule has 0 saturated heterocycles. The second-order valence-electron chi connectivity index (χ2n) is 10.7. The maximum Gasteiger partial charge on any atom is 0.524 e. The van der Waals surface area contributed by atoms with Crippen LogP contribution in [0.5, 0.6) is 11.5 Å². The highest BCUT2D eigenvalue weighted by molar-refractivity contribution is 14.1. The van der Waals surface area contributed by atoms with Crippen LogP contribution in [0.2, 0.25) is 0 Å². The van der Waals surface area contributed by atoms with Gasteiger partial charge in [-0.15, -0.1) is 0 Å². The second-order valence-corrected chi connectivity index (χ2v) is 13.8. The van der Waals surface area contributed by atoms with E-state index in [1.165, 1.54) is 12.1 Å². The molecule has 0 saturated carbocycles. The number of fused-ring (bicyclic) bond motifs is 3. The summed E-state index contributed by atoms with van der Waals surface area (Å²) in [5.74, 6) is 0.444. The summed E-state index contributed by atoms with van der Waals surface area (Å²) in [6, 6.07) is 9.43. The first-order chi connectivity index (χ1) is 22.3. The number of aryl methyl sites for hydroxylation is 2. The molecule has 256 valence electrons. The largest absolute Gasteiger partial charge is 0.524 e. The number of nitrogens with two attached hydrogens (primary N) is 1. The zero-order valence-electron chi connectivity index (χ0n) is 25.7. The van der Waals surface area contributed by atoms with Crippen molar-refractivity contribution in [3.8, 4) is 11.5 Å². The fraction of sp³-hybridized carbons (Fsp3) is 0.414. The molecule has 0 fully saturated rings.